The maximum atomic E-state index is 14.3. The molecule has 1 aromatic carbocycles. The number of hydrogen-bond donors (Lipinski definition) is 0. The molecule has 0 N–H and O–H groups in total. The second-order valence-corrected chi connectivity index (χ2v) is 6.97. The lowest BCUT2D eigenvalue weighted by Crippen LogP contribution is -2.35. The van der Waals surface area contributed by atoms with Crippen molar-refractivity contribution in [3.8, 4) is 0 Å². The van der Waals surface area contributed by atoms with Gasteiger partial charge in [0.1, 0.15) is 0 Å². The summed E-state index contributed by atoms with van der Waals surface area (Å²) >= 11 is 5.59. The molecule has 4 nitrogen and oxygen atoms in total. The summed E-state index contributed by atoms with van der Waals surface area (Å²) in [5, 5.41) is -0.718. The van der Waals surface area contributed by atoms with Crippen molar-refractivity contribution in [1.29, 1.82) is 0 Å². The zero-order valence-electron chi connectivity index (χ0n) is 14.8. The highest BCUT2D eigenvalue weighted by molar-refractivity contribution is 6.31. The molecule has 0 bridgehead atoms. The molecule has 0 aliphatic carbocycles. The van der Waals surface area contributed by atoms with Crippen LogP contribution in [-0.4, -0.2) is 46.9 Å². The van der Waals surface area contributed by atoms with E-state index in [1.807, 2.05) is 18.2 Å². The first-order chi connectivity index (χ1) is 13.3. The van der Waals surface area contributed by atoms with E-state index >= 15 is 0 Å². The van der Waals surface area contributed by atoms with Crippen LogP contribution in [0.15, 0.2) is 36.5 Å². The molecular weight excluding hydrogens is 398 g/mol. The van der Waals surface area contributed by atoms with Gasteiger partial charge in [-0.2, -0.15) is 13.2 Å². The molecule has 1 aliphatic heterocycles. The molecule has 2 aromatic rings. The number of amides is 1. The number of nitrogens with zero attached hydrogens (tertiary/aromatic N) is 3. The predicted octanol–water partition coefficient (Wildman–Crippen LogP) is 4.24. The van der Waals surface area contributed by atoms with E-state index in [0.29, 0.717) is 44.7 Å². The minimum atomic E-state index is -4.72. The second-order valence-electron chi connectivity index (χ2n) is 6.56. The van der Waals surface area contributed by atoms with Gasteiger partial charge in [-0.1, -0.05) is 17.7 Å². The molecule has 0 spiro atoms. The summed E-state index contributed by atoms with van der Waals surface area (Å²) in [7, 11) is 0. The monoisotopic (exact) mass is 415 g/mol. The van der Waals surface area contributed by atoms with Crippen LogP contribution in [0.1, 0.15) is 28.0 Å². The number of benzene rings is 1. The minimum absolute atomic E-state index is 0.277. The Morgan fingerprint density at radius 2 is 1.93 bits per heavy atom. The number of carbonyl (C=O) groups excluding carboxylic acids is 1. The van der Waals surface area contributed by atoms with Gasteiger partial charge in [-0.3, -0.25) is 14.7 Å². The van der Waals surface area contributed by atoms with Crippen LogP contribution >= 0.6 is 11.6 Å². The van der Waals surface area contributed by atoms with Gasteiger partial charge in [-0.05, 0) is 30.7 Å². The Labute approximate surface area is 164 Å². The van der Waals surface area contributed by atoms with Crippen LogP contribution in [0.5, 0.6) is 0 Å². The summed E-state index contributed by atoms with van der Waals surface area (Å²) in [5.41, 5.74) is -0.912. The molecule has 3 rings (SSSR count). The predicted molar refractivity (Wildman–Crippen MR) is 96.4 cm³/mol. The molecule has 1 saturated heterocycles. The van der Waals surface area contributed by atoms with E-state index in [4.69, 9.17) is 11.6 Å². The standard InChI is InChI=1S/C19H18ClF4N3O/c20-16-11-13(19(22,23)24)10-15(17(16)21)18(28)27-7-3-6-26(8-9-27)12-14-4-1-2-5-25-14/h1-2,4-5,10-11H,3,6-9,12H2. The Balaban J connectivity index is 1.74. The summed E-state index contributed by atoms with van der Waals surface area (Å²) in [6, 6.07) is 6.62. The Bertz CT molecular complexity index is 845. The molecule has 150 valence electrons. The first-order valence-electron chi connectivity index (χ1n) is 8.73. The Hall–Kier alpha value is -2.19. The average molecular weight is 416 g/mol. The smallest absolute Gasteiger partial charge is 0.337 e. The van der Waals surface area contributed by atoms with Crippen molar-refractivity contribution in [2.24, 2.45) is 0 Å². The number of hydrogen-bond acceptors (Lipinski definition) is 3. The van der Waals surface area contributed by atoms with E-state index in [1.54, 1.807) is 6.20 Å². The lowest BCUT2D eigenvalue weighted by atomic mass is 10.1. The molecule has 28 heavy (non-hydrogen) atoms. The fraction of sp³-hybridized carbons (Fsp3) is 0.368. The van der Waals surface area contributed by atoms with Crippen LogP contribution in [-0.2, 0) is 12.7 Å². The molecule has 0 saturated carbocycles. The van der Waals surface area contributed by atoms with Gasteiger partial charge in [-0.15, -0.1) is 0 Å². The van der Waals surface area contributed by atoms with Crippen molar-refractivity contribution >= 4 is 17.5 Å². The molecule has 0 unspecified atom stereocenters. The molecule has 1 amide bonds. The molecule has 1 aliphatic rings. The number of aromatic nitrogens is 1. The highest BCUT2D eigenvalue weighted by Crippen LogP contribution is 2.34. The van der Waals surface area contributed by atoms with Crippen LogP contribution in [0.25, 0.3) is 0 Å². The van der Waals surface area contributed by atoms with Crippen molar-refractivity contribution in [2.45, 2.75) is 19.1 Å². The summed E-state index contributed by atoms with van der Waals surface area (Å²) in [6.07, 6.45) is -2.40. The minimum Gasteiger partial charge on any atom is -0.337 e. The quantitative estimate of drug-likeness (QED) is 0.703. The maximum Gasteiger partial charge on any atom is 0.416 e. The van der Waals surface area contributed by atoms with Gasteiger partial charge in [0.25, 0.3) is 5.91 Å². The Kier molecular flexibility index (Phi) is 6.20. The fourth-order valence-corrected chi connectivity index (χ4v) is 3.35. The van der Waals surface area contributed by atoms with Gasteiger partial charge >= 0.3 is 6.18 Å². The van der Waals surface area contributed by atoms with Crippen molar-refractivity contribution in [2.75, 3.05) is 26.2 Å². The van der Waals surface area contributed by atoms with Gasteiger partial charge in [0.05, 0.1) is 21.8 Å². The van der Waals surface area contributed by atoms with Crippen molar-refractivity contribution < 1.29 is 22.4 Å². The number of carbonyl (C=O) groups is 1. The Morgan fingerprint density at radius 1 is 1.14 bits per heavy atom. The molecule has 0 atom stereocenters. The molecule has 9 heteroatoms. The van der Waals surface area contributed by atoms with E-state index in [2.05, 4.69) is 9.88 Å². The van der Waals surface area contributed by atoms with Gasteiger partial charge in [0.15, 0.2) is 5.82 Å². The summed E-state index contributed by atoms with van der Waals surface area (Å²) in [4.78, 5) is 20.4. The first-order valence-corrected chi connectivity index (χ1v) is 9.11. The Morgan fingerprint density at radius 3 is 2.61 bits per heavy atom. The summed E-state index contributed by atoms with van der Waals surface area (Å²) in [6.45, 7) is 2.42. The van der Waals surface area contributed by atoms with Crippen molar-refractivity contribution in [1.82, 2.24) is 14.8 Å². The molecule has 0 radical (unpaired) electrons. The third kappa shape index (κ3) is 4.80. The van der Waals surface area contributed by atoms with Crippen molar-refractivity contribution in [3.05, 3.63) is 64.2 Å². The largest absolute Gasteiger partial charge is 0.416 e. The van der Waals surface area contributed by atoms with E-state index in [0.717, 1.165) is 5.69 Å². The summed E-state index contributed by atoms with van der Waals surface area (Å²) in [5.74, 6) is -1.92. The highest BCUT2D eigenvalue weighted by atomic mass is 35.5. The van der Waals surface area contributed by atoms with Crippen LogP contribution in [0, 0.1) is 5.82 Å². The van der Waals surface area contributed by atoms with Crippen molar-refractivity contribution in [3.63, 3.8) is 0 Å². The number of pyridine rings is 1. The zero-order valence-corrected chi connectivity index (χ0v) is 15.6. The van der Waals surface area contributed by atoms with Gasteiger partial charge < -0.3 is 4.90 Å². The summed E-state index contributed by atoms with van der Waals surface area (Å²) < 4.78 is 53.2. The van der Waals surface area contributed by atoms with Crippen LogP contribution in [0.4, 0.5) is 17.6 Å². The maximum absolute atomic E-state index is 14.3. The van der Waals surface area contributed by atoms with Crippen LogP contribution in [0.2, 0.25) is 5.02 Å². The van der Waals surface area contributed by atoms with Gasteiger partial charge in [0, 0.05) is 38.9 Å². The SMILES string of the molecule is O=C(c1cc(C(F)(F)F)cc(Cl)c1F)N1CCCN(Cc2ccccn2)CC1. The van der Waals surface area contributed by atoms with Gasteiger partial charge in [0.2, 0.25) is 0 Å². The van der Waals surface area contributed by atoms with E-state index in [1.165, 1.54) is 4.90 Å². The molecule has 1 aromatic heterocycles. The fourth-order valence-electron chi connectivity index (χ4n) is 3.13. The number of halogens is 5. The number of rotatable bonds is 3. The lowest BCUT2D eigenvalue weighted by molar-refractivity contribution is -0.137. The van der Waals surface area contributed by atoms with E-state index < -0.39 is 34.1 Å². The van der Waals surface area contributed by atoms with E-state index in [-0.39, 0.29) is 6.54 Å². The third-order valence-electron chi connectivity index (χ3n) is 4.57. The topological polar surface area (TPSA) is 36.4 Å². The second kappa shape index (κ2) is 8.45. The molecule has 1 fully saturated rings. The average Bonchev–Trinajstić information content (AvgIpc) is 2.89. The van der Waals surface area contributed by atoms with E-state index in [9.17, 15) is 22.4 Å². The lowest BCUT2D eigenvalue weighted by Gasteiger charge is -2.22. The van der Waals surface area contributed by atoms with Gasteiger partial charge in [-0.25, -0.2) is 4.39 Å². The third-order valence-corrected chi connectivity index (χ3v) is 4.85. The zero-order chi connectivity index (χ0) is 20.3. The van der Waals surface area contributed by atoms with Crippen LogP contribution in [0.3, 0.4) is 0 Å². The highest BCUT2D eigenvalue weighted by Gasteiger charge is 2.34. The van der Waals surface area contributed by atoms with Crippen LogP contribution < -0.4 is 0 Å². The normalized spacial score (nSPS) is 16.1. The molecular formula is C19H18ClF4N3O. The number of alkyl halides is 3. The first kappa shape index (κ1) is 20.5. The molecule has 2 heterocycles.